The highest BCUT2D eigenvalue weighted by Gasteiger charge is 2.18. The predicted molar refractivity (Wildman–Crippen MR) is 111 cm³/mol. The van der Waals surface area contributed by atoms with Gasteiger partial charge in [-0.25, -0.2) is 4.79 Å². The van der Waals surface area contributed by atoms with Gasteiger partial charge in [0.05, 0.1) is 23.4 Å². The monoisotopic (exact) mass is 410 g/mol. The SMILES string of the molecule is CCOC(=O)c1ccc(NC(=O)c2cc(C=O)n(-c3ccc(Cl)cc3)c2C)cc1. The molecule has 0 radical (unpaired) electrons. The van der Waals surface area contributed by atoms with Gasteiger partial charge in [-0.2, -0.15) is 0 Å². The summed E-state index contributed by atoms with van der Waals surface area (Å²) >= 11 is 5.93. The van der Waals surface area contributed by atoms with Crippen molar-refractivity contribution in [3.63, 3.8) is 0 Å². The molecule has 0 spiro atoms. The van der Waals surface area contributed by atoms with Crippen LogP contribution in [0.5, 0.6) is 0 Å². The summed E-state index contributed by atoms with van der Waals surface area (Å²) in [6, 6.07) is 14.9. The Labute approximate surface area is 173 Å². The lowest BCUT2D eigenvalue weighted by Crippen LogP contribution is -2.13. The molecule has 0 unspecified atom stereocenters. The highest BCUT2D eigenvalue weighted by Crippen LogP contribution is 2.23. The van der Waals surface area contributed by atoms with E-state index in [1.807, 2.05) is 0 Å². The number of carbonyl (C=O) groups is 3. The van der Waals surface area contributed by atoms with E-state index >= 15 is 0 Å². The van der Waals surface area contributed by atoms with E-state index in [4.69, 9.17) is 16.3 Å². The molecule has 7 heteroatoms. The summed E-state index contributed by atoms with van der Waals surface area (Å²) in [7, 11) is 0. The Kier molecular flexibility index (Phi) is 6.14. The molecule has 3 aromatic rings. The number of rotatable bonds is 6. The van der Waals surface area contributed by atoms with Gasteiger partial charge in [0.2, 0.25) is 0 Å². The van der Waals surface area contributed by atoms with Gasteiger partial charge in [-0.1, -0.05) is 11.6 Å². The van der Waals surface area contributed by atoms with Crippen LogP contribution in [-0.4, -0.2) is 29.3 Å². The molecule has 3 rings (SSSR count). The van der Waals surface area contributed by atoms with Crippen LogP contribution >= 0.6 is 11.6 Å². The summed E-state index contributed by atoms with van der Waals surface area (Å²) in [5.74, 6) is -0.779. The largest absolute Gasteiger partial charge is 0.462 e. The number of ether oxygens (including phenoxy) is 1. The minimum atomic E-state index is -0.420. The second-order valence-corrected chi connectivity index (χ2v) is 6.69. The van der Waals surface area contributed by atoms with Crippen LogP contribution in [0.1, 0.15) is 43.8 Å². The number of nitrogens with one attached hydrogen (secondary N) is 1. The third kappa shape index (κ3) is 4.38. The maximum Gasteiger partial charge on any atom is 0.338 e. The van der Waals surface area contributed by atoms with Crippen molar-refractivity contribution in [2.45, 2.75) is 13.8 Å². The normalized spacial score (nSPS) is 10.4. The van der Waals surface area contributed by atoms with Crippen LogP contribution in [0.2, 0.25) is 5.02 Å². The fourth-order valence-corrected chi connectivity index (χ4v) is 3.11. The number of benzene rings is 2. The first-order valence-electron chi connectivity index (χ1n) is 8.96. The molecule has 0 saturated carbocycles. The van der Waals surface area contributed by atoms with Gasteiger partial charge in [0.15, 0.2) is 6.29 Å². The van der Waals surface area contributed by atoms with Gasteiger partial charge in [0.1, 0.15) is 0 Å². The Morgan fingerprint density at radius 1 is 1.10 bits per heavy atom. The first-order valence-corrected chi connectivity index (χ1v) is 9.34. The average Bonchev–Trinajstić information content (AvgIpc) is 3.06. The summed E-state index contributed by atoms with van der Waals surface area (Å²) in [6.45, 7) is 3.79. The van der Waals surface area contributed by atoms with E-state index in [1.165, 1.54) is 0 Å². The topological polar surface area (TPSA) is 77.4 Å². The number of hydrogen-bond acceptors (Lipinski definition) is 4. The van der Waals surface area contributed by atoms with E-state index in [2.05, 4.69) is 5.32 Å². The van der Waals surface area contributed by atoms with Gasteiger partial charge in [0.25, 0.3) is 5.91 Å². The molecule has 0 bridgehead atoms. The molecule has 1 N–H and O–H groups in total. The van der Waals surface area contributed by atoms with Crippen LogP contribution in [0.15, 0.2) is 54.6 Å². The molecule has 0 atom stereocenters. The molecule has 1 amide bonds. The van der Waals surface area contributed by atoms with Crippen LogP contribution in [0, 0.1) is 6.92 Å². The van der Waals surface area contributed by atoms with Crippen molar-refractivity contribution < 1.29 is 19.1 Å². The smallest absolute Gasteiger partial charge is 0.338 e. The van der Waals surface area contributed by atoms with E-state index in [1.54, 1.807) is 73.0 Å². The van der Waals surface area contributed by atoms with Crippen LogP contribution in [0.25, 0.3) is 5.69 Å². The Hall–Kier alpha value is -3.38. The molecule has 0 fully saturated rings. The zero-order chi connectivity index (χ0) is 21.0. The number of halogens is 1. The standard InChI is InChI=1S/C22H19ClN2O4/c1-3-29-22(28)15-4-8-17(9-5-15)24-21(27)20-12-19(13-26)25(14(20)2)18-10-6-16(23)7-11-18/h4-13H,3H2,1-2H3,(H,24,27). The van der Waals surface area contributed by atoms with Crippen molar-refractivity contribution in [2.24, 2.45) is 0 Å². The van der Waals surface area contributed by atoms with Gasteiger partial charge < -0.3 is 14.6 Å². The third-order valence-electron chi connectivity index (χ3n) is 4.38. The molecule has 6 nitrogen and oxygen atoms in total. The number of anilines is 1. The fourth-order valence-electron chi connectivity index (χ4n) is 2.98. The maximum atomic E-state index is 12.8. The molecule has 0 aliphatic rings. The minimum absolute atomic E-state index is 0.292. The number of hydrogen-bond donors (Lipinski definition) is 1. The molecular weight excluding hydrogens is 392 g/mol. The van der Waals surface area contributed by atoms with Gasteiger partial charge >= 0.3 is 5.97 Å². The number of aromatic nitrogens is 1. The zero-order valence-electron chi connectivity index (χ0n) is 15.9. The lowest BCUT2D eigenvalue weighted by molar-refractivity contribution is 0.0526. The predicted octanol–water partition coefficient (Wildman–Crippen LogP) is 4.68. The first kappa shape index (κ1) is 20.4. The van der Waals surface area contributed by atoms with E-state index < -0.39 is 5.97 Å². The van der Waals surface area contributed by atoms with Crippen molar-refractivity contribution in [1.29, 1.82) is 0 Å². The summed E-state index contributed by atoms with van der Waals surface area (Å²) in [6.07, 6.45) is 0.701. The molecular formula is C22H19ClN2O4. The van der Waals surface area contributed by atoms with Crippen LogP contribution in [-0.2, 0) is 4.74 Å². The number of carbonyl (C=O) groups excluding carboxylic acids is 3. The average molecular weight is 411 g/mol. The van der Waals surface area contributed by atoms with E-state index in [0.717, 1.165) is 5.69 Å². The lowest BCUT2D eigenvalue weighted by atomic mass is 10.2. The van der Waals surface area contributed by atoms with Gasteiger partial charge in [-0.3, -0.25) is 9.59 Å². The van der Waals surface area contributed by atoms with E-state index in [0.29, 0.717) is 46.1 Å². The van der Waals surface area contributed by atoms with E-state index in [-0.39, 0.29) is 5.91 Å². The molecule has 29 heavy (non-hydrogen) atoms. The number of amides is 1. The van der Waals surface area contributed by atoms with Crippen molar-refractivity contribution in [3.05, 3.63) is 82.1 Å². The molecule has 148 valence electrons. The van der Waals surface area contributed by atoms with Crippen molar-refractivity contribution >= 4 is 35.5 Å². The van der Waals surface area contributed by atoms with Gasteiger partial charge in [-0.05, 0) is 68.4 Å². The minimum Gasteiger partial charge on any atom is -0.462 e. The molecule has 1 aromatic heterocycles. The number of nitrogens with zero attached hydrogens (tertiary/aromatic N) is 1. The number of esters is 1. The third-order valence-corrected chi connectivity index (χ3v) is 4.63. The second-order valence-electron chi connectivity index (χ2n) is 6.25. The zero-order valence-corrected chi connectivity index (χ0v) is 16.7. The van der Waals surface area contributed by atoms with Crippen LogP contribution in [0.3, 0.4) is 0 Å². The van der Waals surface area contributed by atoms with Gasteiger partial charge in [-0.15, -0.1) is 0 Å². The highest BCUT2D eigenvalue weighted by atomic mass is 35.5. The quantitative estimate of drug-likeness (QED) is 0.472. The summed E-state index contributed by atoms with van der Waals surface area (Å²) in [5.41, 5.74) is 3.00. The van der Waals surface area contributed by atoms with Crippen molar-refractivity contribution in [2.75, 3.05) is 11.9 Å². The van der Waals surface area contributed by atoms with Crippen LogP contribution < -0.4 is 5.32 Å². The van der Waals surface area contributed by atoms with Crippen molar-refractivity contribution in [1.82, 2.24) is 4.57 Å². The molecule has 2 aromatic carbocycles. The van der Waals surface area contributed by atoms with Crippen molar-refractivity contribution in [3.8, 4) is 5.69 Å². The van der Waals surface area contributed by atoms with Crippen LogP contribution in [0.4, 0.5) is 5.69 Å². The highest BCUT2D eigenvalue weighted by molar-refractivity contribution is 6.30. The summed E-state index contributed by atoms with van der Waals surface area (Å²) in [4.78, 5) is 36.0. The molecule has 1 heterocycles. The Bertz CT molecular complexity index is 1050. The molecule has 0 saturated heterocycles. The maximum absolute atomic E-state index is 12.8. The Morgan fingerprint density at radius 2 is 1.76 bits per heavy atom. The molecule has 0 aliphatic heterocycles. The fraction of sp³-hybridized carbons (Fsp3) is 0.136. The molecule has 0 aliphatic carbocycles. The Balaban J connectivity index is 1.85. The Morgan fingerprint density at radius 3 is 2.34 bits per heavy atom. The summed E-state index contributed by atoms with van der Waals surface area (Å²) in [5, 5.41) is 3.36. The number of aldehydes is 1. The van der Waals surface area contributed by atoms with E-state index in [9.17, 15) is 14.4 Å². The van der Waals surface area contributed by atoms with Gasteiger partial charge in [0, 0.05) is 22.1 Å². The summed E-state index contributed by atoms with van der Waals surface area (Å²) < 4.78 is 6.64. The lowest BCUT2D eigenvalue weighted by Gasteiger charge is -2.10. The first-order chi connectivity index (χ1) is 13.9. The second kappa shape index (κ2) is 8.75.